The summed E-state index contributed by atoms with van der Waals surface area (Å²) in [6.07, 6.45) is 0. The van der Waals surface area contributed by atoms with Crippen LogP contribution in [0.3, 0.4) is 0 Å². The molecule has 6 heteroatoms. The van der Waals surface area contributed by atoms with Gasteiger partial charge in [-0.25, -0.2) is 0 Å². The SMILES string of the molecule is C[C@@H](S)C(=O)NCC(=O)[O-].[Na+]. The predicted molar refractivity (Wildman–Crippen MR) is 36.5 cm³/mol. The summed E-state index contributed by atoms with van der Waals surface area (Å²) in [6.45, 7) is 1.09. The second kappa shape index (κ2) is 6.97. The average Bonchev–Trinajstić information content (AvgIpc) is 1.82. The van der Waals surface area contributed by atoms with Crippen molar-refractivity contribution in [3.05, 3.63) is 0 Å². The summed E-state index contributed by atoms with van der Waals surface area (Å²) >= 11 is 3.77. The Morgan fingerprint density at radius 3 is 2.36 bits per heavy atom. The fourth-order valence-corrected chi connectivity index (χ4v) is 0.398. The molecule has 0 saturated carbocycles. The van der Waals surface area contributed by atoms with Gasteiger partial charge in [0.25, 0.3) is 0 Å². The van der Waals surface area contributed by atoms with Gasteiger partial charge in [0.05, 0.1) is 17.8 Å². The summed E-state index contributed by atoms with van der Waals surface area (Å²) in [5, 5.41) is 11.4. The first kappa shape index (κ1) is 13.9. The Hall–Kier alpha value is 0.290. The summed E-state index contributed by atoms with van der Waals surface area (Å²) in [7, 11) is 0. The van der Waals surface area contributed by atoms with Crippen LogP contribution >= 0.6 is 12.6 Å². The van der Waals surface area contributed by atoms with Crippen LogP contribution in [0.2, 0.25) is 0 Å². The summed E-state index contributed by atoms with van der Waals surface area (Å²) in [5.41, 5.74) is 0. The molecule has 0 saturated heterocycles. The van der Waals surface area contributed by atoms with Gasteiger partial charge in [0.1, 0.15) is 0 Å². The molecule has 11 heavy (non-hydrogen) atoms. The number of hydrogen-bond acceptors (Lipinski definition) is 4. The molecule has 1 N–H and O–H groups in total. The first-order chi connectivity index (χ1) is 4.54. The Morgan fingerprint density at radius 2 is 2.09 bits per heavy atom. The molecule has 0 rings (SSSR count). The van der Waals surface area contributed by atoms with Crippen molar-refractivity contribution in [2.45, 2.75) is 12.2 Å². The maximum atomic E-state index is 10.6. The van der Waals surface area contributed by atoms with Gasteiger partial charge in [-0.3, -0.25) is 4.79 Å². The number of aliphatic carboxylic acids is 1. The van der Waals surface area contributed by atoms with Crippen molar-refractivity contribution in [3.8, 4) is 0 Å². The van der Waals surface area contributed by atoms with E-state index in [1.165, 1.54) is 0 Å². The van der Waals surface area contributed by atoms with Gasteiger partial charge < -0.3 is 15.2 Å². The molecule has 0 radical (unpaired) electrons. The van der Waals surface area contributed by atoms with Crippen molar-refractivity contribution >= 4 is 24.5 Å². The monoisotopic (exact) mass is 185 g/mol. The van der Waals surface area contributed by atoms with Crippen molar-refractivity contribution < 1.29 is 44.3 Å². The molecular formula is C5H8NNaO3S. The minimum absolute atomic E-state index is 0. The van der Waals surface area contributed by atoms with Crippen molar-refractivity contribution in [1.82, 2.24) is 5.32 Å². The summed E-state index contributed by atoms with van der Waals surface area (Å²) < 4.78 is 0. The first-order valence-electron chi connectivity index (χ1n) is 2.69. The van der Waals surface area contributed by atoms with Gasteiger partial charge in [-0.1, -0.05) is 0 Å². The fraction of sp³-hybridized carbons (Fsp3) is 0.600. The summed E-state index contributed by atoms with van der Waals surface area (Å²) in [4.78, 5) is 20.3. The van der Waals surface area contributed by atoms with Crippen LogP contribution in [-0.2, 0) is 9.59 Å². The van der Waals surface area contributed by atoms with E-state index in [0.29, 0.717) is 0 Å². The van der Waals surface area contributed by atoms with Crippen molar-refractivity contribution in [2.24, 2.45) is 0 Å². The standard InChI is InChI=1S/C5H9NO3S.Na/c1-3(10)5(9)6-2-4(7)8;/h3,10H,2H2,1H3,(H,6,9)(H,7,8);/q;+1/p-1/t3-;/m1./s1. The van der Waals surface area contributed by atoms with Crippen LogP contribution in [-0.4, -0.2) is 23.7 Å². The molecule has 0 aliphatic heterocycles. The van der Waals surface area contributed by atoms with Crippen LogP contribution < -0.4 is 40.0 Å². The van der Waals surface area contributed by atoms with Crippen molar-refractivity contribution in [2.75, 3.05) is 6.54 Å². The van der Waals surface area contributed by atoms with Crippen LogP contribution in [0.25, 0.3) is 0 Å². The zero-order valence-corrected chi connectivity index (χ0v) is 9.35. The van der Waals surface area contributed by atoms with Gasteiger partial charge in [0.15, 0.2) is 0 Å². The van der Waals surface area contributed by atoms with Gasteiger partial charge >= 0.3 is 29.6 Å². The number of rotatable bonds is 3. The molecule has 0 unspecified atom stereocenters. The first-order valence-corrected chi connectivity index (χ1v) is 3.21. The summed E-state index contributed by atoms with van der Waals surface area (Å²) in [5.74, 6) is -1.71. The second-order valence-electron chi connectivity index (χ2n) is 1.77. The molecule has 1 atom stereocenters. The van der Waals surface area contributed by atoms with E-state index in [-0.39, 0.29) is 29.6 Å². The number of nitrogens with one attached hydrogen (secondary N) is 1. The van der Waals surface area contributed by atoms with E-state index in [2.05, 4.69) is 17.9 Å². The van der Waals surface area contributed by atoms with Gasteiger partial charge in [-0.2, -0.15) is 12.6 Å². The molecule has 0 bridgehead atoms. The van der Waals surface area contributed by atoms with Crippen LogP contribution in [0.15, 0.2) is 0 Å². The quantitative estimate of drug-likeness (QED) is 0.342. The normalized spacial score (nSPS) is 11.1. The maximum Gasteiger partial charge on any atom is 1.00 e. The van der Waals surface area contributed by atoms with Crippen molar-refractivity contribution in [3.63, 3.8) is 0 Å². The molecule has 4 nitrogen and oxygen atoms in total. The summed E-state index contributed by atoms with van der Waals surface area (Å²) in [6, 6.07) is 0. The van der Waals surface area contributed by atoms with Crippen LogP contribution in [0.1, 0.15) is 6.92 Å². The third kappa shape index (κ3) is 8.19. The van der Waals surface area contributed by atoms with Gasteiger partial charge in [0.2, 0.25) is 5.91 Å². The molecule has 0 fully saturated rings. The predicted octanol–water partition coefficient (Wildman–Crippen LogP) is -4.83. The molecular weight excluding hydrogens is 177 g/mol. The molecule has 0 heterocycles. The molecule has 0 aromatic heterocycles. The zero-order valence-electron chi connectivity index (χ0n) is 6.46. The molecule has 1 amide bonds. The largest absolute Gasteiger partial charge is 1.00 e. The molecule has 58 valence electrons. The van der Waals surface area contributed by atoms with Gasteiger partial charge in [-0.05, 0) is 6.92 Å². The van der Waals surface area contributed by atoms with Gasteiger partial charge in [-0.15, -0.1) is 0 Å². The Labute approximate surface area is 92.4 Å². The third-order valence-electron chi connectivity index (χ3n) is 0.786. The van der Waals surface area contributed by atoms with Crippen LogP contribution in [0, 0.1) is 0 Å². The molecule has 0 aliphatic carbocycles. The smallest absolute Gasteiger partial charge is 0.548 e. The number of amides is 1. The van der Waals surface area contributed by atoms with E-state index in [0.717, 1.165) is 0 Å². The fourth-order valence-electron chi connectivity index (χ4n) is 0.307. The second-order valence-corrected chi connectivity index (χ2v) is 2.54. The molecule has 0 aliphatic rings. The van der Waals surface area contributed by atoms with E-state index in [1.54, 1.807) is 6.92 Å². The zero-order chi connectivity index (χ0) is 8.15. The van der Waals surface area contributed by atoms with E-state index in [9.17, 15) is 14.7 Å². The maximum absolute atomic E-state index is 10.6. The minimum atomic E-state index is -1.30. The Bertz CT molecular complexity index is 151. The van der Waals surface area contributed by atoms with Crippen LogP contribution in [0.5, 0.6) is 0 Å². The molecule has 0 aromatic rings. The number of thiol groups is 1. The molecule has 0 spiro atoms. The van der Waals surface area contributed by atoms with E-state index < -0.39 is 23.7 Å². The van der Waals surface area contributed by atoms with Gasteiger partial charge in [0, 0.05) is 0 Å². The number of carboxylic acids is 1. The topological polar surface area (TPSA) is 69.2 Å². The number of hydrogen-bond donors (Lipinski definition) is 2. The Morgan fingerprint density at radius 1 is 1.64 bits per heavy atom. The minimum Gasteiger partial charge on any atom is -0.548 e. The van der Waals surface area contributed by atoms with E-state index in [1.807, 2.05) is 0 Å². The Balaban J connectivity index is 0. The number of carbonyl (C=O) groups is 2. The average molecular weight is 185 g/mol. The number of carboxylic acid groups (broad SMARTS) is 1. The number of carbonyl (C=O) groups excluding carboxylic acids is 2. The van der Waals surface area contributed by atoms with Crippen molar-refractivity contribution in [1.29, 1.82) is 0 Å². The Kier molecular flexibility index (Phi) is 8.77. The van der Waals surface area contributed by atoms with Crippen LogP contribution in [0.4, 0.5) is 0 Å². The molecule has 0 aromatic carbocycles. The van der Waals surface area contributed by atoms with E-state index in [4.69, 9.17) is 0 Å². The van der Waals surface area contributed by atoms with E-state index >= 15 is 0 Å². The third-order valence-corrected chi connectivity index (χ3v) is 1.02.